The SMILES string of the molecule is Cc1ccccc1OC1CC(C)CCC1CN. The topological polar surface area (TPSA) is 35.2 Å². The molecule has 2 rings (SSSR count). The van der Waals surface area contributed by atoms with Crippen LogP contribution in [0.1, 0.15) is 31.7 Å². The van der Waals surface area contributed by atoms with Crippen LogP contribution in [0, 0.1) is 18.8 Å². The van der Waals surface area contributed by atoms with E-state index in [1.807, 2.05) is 12.1 Å². The number of rotatable bonds is 3. The molecule has 0 amide bonds. The zero-order valence-electron chi connectivity index (χ0n) is 10.9. The molecule has 2 N–H and O–H groups in total. The summed E-state index contributed by atoms with van der Waals surface area (Å²) in [5.41, 5.74) is 7.06. The smallest absolute Gasteiger partial charge is 0.122 e. The highest BCUT2D eigenvalue weighted by Crippen LogP contribution is 2.32. The second-order valence-electron chi connectivity index (χ2n) is 5.34. The molecular formula is C15H23NO. The molecule has 0 aromatic heterocycles. The van der Waals surface area contributed by atoms with Gasteiger partial charge in [-0.2, -0.15) is 0 Å². The lowest BCUT2D eigenvalue weighted by atomic mass is 9.80. The molecule has 2 heteroatoms. The second-order valence-corrected chi connectivity index (χ2v) is 5.34. The van der Waals surface area contributed by atoms with Gasteiger partial charge in [-0.3, -0.25) is 0 Å². The molecular weight excluding hydrogens is 210 g/mol. The van der Waals surface area contributed by atoms with Crippen LogP contribution in [0.25, 0.3) is 0 Å². The van der Waals surface area contributed by atoms with Crippen LogP contribution in [0.15, 0.2) is 24.3 Å². The van der Waals surface area contributed by atoms with Crippen LogP contribution >= 0.6 is 0 Å². The van der Waals surface area contributed by atoms with Gasteiger partial charge in [0.1, 0.15) is 11.9 Å². The molecule has 0 aliphatic heterocycles. The fraction of sp³-hybridized carbons (Fsp3) is 0.600. The van der Waals surface area contributed by atoms with Gasteiger partial charge >= 0.3 is 0 Å². The predicted octanol–water partition coefficient (Wildman–Crippen LogP) is 3.14. The quantitative estimate of drug-likeness (QED) is 0.870. The molecule has 1 fully saturated rings. The molecule has 1 saturated carbocycles. The van der Waals surface area contributed by atoms with Crippen molar-refractivity contribution in [3.63, 3.8) is 0 Å². The fourth-order valence-corrected chi connectivity index (χ4v) is 2.66. The van der Waals surface area contributed by atoms with Crippen molar-refractivity contribution in [2.24, 2.45) is 17.6 Å². The Morgan fingerprint density at radius 1 is 1.29 bits per heavy atom. The summed E-state index contributed by atoms with van der Waals surface area (Å²) in [7, 11) is 0. The minimum atomic E-state index is 0.296. The number of aryl methyl sites for hydroxylation is 1. The van der Waals surface area contributed by atoms with E-state index in [1.54, 1.807) is 0 Å². The van der Waals surface area contributed by atoms with E-state index in [0.29, 0.717) is 12.0 Å². The van der Waals surface area contributed by atoms with Crippen molar-refractivity contribution < 1.29 is 4.74 Å². The van der Waals surface area contributed by atoms with Crippen molar-refractivity contribution in [1.29, 1.82) is 0 Å². The van der Waals surface area contributed by atoms with Gasteiger partial charge in [0.2, 0.25) is 0 Å². The Morgan fingerprint density at radius 2 is 2.06 bits per heavy atom. The monoisotopic (exact) mass is 233 g/mol. The van der Waals surface area contributed by atoms with Crippen LogP contribution in [0.2, 0.25) is 0 Å². The average molecular weight is 233 g/mol. The van der Waals surface area contributed by atoms with Gasteiger partial charge in [-0.15, -0.1) is 0 Å². The van der Waals surface area contributed by atoms with Gasteiger partial charge in [-0.05, 0) is 43.9 Å². The number of ether oxygens (including phenoxy) is 1. The maximum Gasteiger partial charge on any atom is 0.122 e. The molecule has 3 atom stereocenters. The fourth-order valence-electron chi connectivity index (χ4n) is 2.66. The van der Waals surface area contributed by atoms with E-state index in [2.05, 4.69) is 26.0 Å². The largest absolute Gasteiger partial charge is 0.490 e. The van der Waals surface area contributed by atoms with Gasteiger partial charge in [0.05, 0.1) is 0 Å². The van der Waals surface area contributed by atoms with Crippen LogP contribution in [0.3, 0.4) is 0 Å². The van der Waals surface area contributed by atoms with Gasteiger partial charge in [0.25, 0.3) is 0 Å². The van der Waals surface area contributed by atoms with E-state index in [9.17, 15) is 0 Å². The zero-order chi connectivity index (χ0) is 12.3. The zero-order valence-corrected chi connectivity index (χ0v) is 10.9. The summed E-state index contributed by atoms with van der Waals surface area (Å²) in [6.07, 6.45) is 3.92. The molecule has 3 unspecified atom stereocenters. The van der Waals surface area contributed by atoms with Crippen LogP contribution in [0.4, 0.5) is 0 Å². The third-order valence-electron chi connectivity index (χ3n) is 3.87. The highest BCUT2D eigenvalue weighted by Gasteiger charge is 2.29. The first-order chi connectivity index (χ1) is 8.20. The first-order valence-corrected chi connectivity index (χ1v) is 6.63. The van der Waals surface area contributed by atoms with E-state index in [4.69, 9.17) is 10.5 Å². The molecule has 0 saturated heterocycles. The Kier molecular flexibility index (Phi) is 4.06. The van der Waals surface area contributed by atoms with Crippen molar-refractivity contribution in [3.05, 3.63) is 29.8 Å². The van der Waals surface area contributed by atoms with Crippen molar-refractivity contribution in [2.75, 3.05) is 6.54 Å². The molecule has 17 heavy (non-hydrogen) atoms. The number of nitrogens with two attached hydrogens (primary N) is 1. The van der Waals surface area contributed by atoms with E-state index < -0.39 is 0 Å². The number of para-hydroxylation sites is 1. The minimum absolute atomic E-state index is 0.296. The lowest BCUT2D eigenvalue weighted by Crippen LogP contribution is -2.37. The molecule has 2 nitrogen and oxygen atoms in total. The molecule has 0 spiro atoms. The van der Waals surface area contributed by atoms with Crippen molar-refractivity contribution in [2.45, 2.75) is 39.2 Å². The van der Waals surface area contributed by atoms with Crippen molar-refractivity contribution in [3.8, 4) is 5.75 Å². The molecule has 1 aliphatic rings. The standard InChI is InChI=1S/C15H23NO/c1-11-7-8-13(10-16)15(9-11)17-14-6-4-3-5-12(14)2/h3-6,11,13,15H,7-10,16H2,1-2H3. The van der Waals surface area contributed by atoms with E-state index >= 15 is 0 Å². The summed E-state index contributed by atoms with van der Waals surface area (Å²) in [4.78, 5) is 0. The first-order valence-electron chi connectivity index (χ1n) is 6.63. The highest BCUT2D eigenvalue weighted by atomic mass is 16.5. The maximum atomic E-state index is 6.18. The third-order valence-corrected chi connectivity index (χ3v) is 3.87. The summed E-state index contributed by atoms with van der Waals surface area (Å²) in [6, 6.07) is 8.24. The molecule has 0 bridgehead atoms. The molecule has 1 aliphatic carbocycles. The van der Waals surface area contributed by atoms with E-state index in [-0.39, 0.29) is 0 Å². The Balaban J connectivity index is 2.07. The van der Waals surface area contributed by atoms with Crippen molar-refractivity contribution >= 4 is 0 Å². The Hall–Kier alpha value is -1.02. The summed E-state index contributed by atoms with van der Waals surface area (Å²) < 4.78 is 6.18. The Labute approximate surface area is 104 Å². The number of hydrogen-bond acceptors (Lipinski definition) is 2. The number of benzene rings is 1. The molecule has 0 heterocycles. The summed E-state index contributed by atoms with van der Waals surface area (Å²) >= 11 is 0. The highest BCUT2D eigenvalue weighted by molar-refractivity contribution is 5.32. The molecule has 94 valence electrons. The van der Waals surface area contributed by atoms with Gasteiger partial charge in [-0.1, -0.05) is 31.5 Å². The maximum absolute atomic E-state index is 6.18. The average Bonchev–Trinajstić information content (AvgIpc) is 2.32. The molecule has 0 radical (unpaired) electrons. The second kappa shape index (κ2) is 5.54. The van der Waals surface area contributed by atoms with Crippen LogP contribution in [-0.4, -0.2) is 12.6 Å². The van der Waals surface area contributed by atoms with E-state index in [0.717, 1.165) is 24.6 Å². The Morgan fingerprint density at radius 3 is 2.76 bits per heavy atom. The minimum Gasteiger partial charge on any atom is -0.490 e. The molecule has 1 aromatic rings. The van der Waals surface area contributed by atoms with Crippen LogP contribution in [-0.2, 0) is 0 Å². The summed E-state index contributed by atoms with van der Waals surface area (Å²) in [5.74, 6) is 2.29. The lowest BCUT2D eigenvalue weighted by molar-refractivity contribution is 0.0736. The predicted molar refractivity (Wildman–Crippen MR) is 71.2 cm³/mol. The van der Waals surface area contributed by atoms with Crippen LogP contribution < -0.4 is 10.5 Å². The van der Waals surface area contributed by atoms with Crippen molar-refractivity contribution in [1.82, 2.24) is 0 Å². The summed E-state index contributed by atoms with van der Waals surface area (Å²) in [6.45, 7) is 5.14. The van der Waals surface area contributed by atoms with Crippen LogP contribution in [0.5, 0.6) is 5.75 Å². The third kappa shape index (κ3) is 3.01. The number of hydrogen-bond donors (Lipinski definition) is 1. The van der Waals surface area contributed by atoms with Gasteiger partial charge in [0.15, 0.2) is 0 Å². The van der Waals surface area contributed by atoms with Gasteiger partial charge in [-0.25, -0.2) is 0 Å². The lowest BCUT2D eigenvalue weighted by Gasteiger charge is -2.34. The first kappa shape index (κ1) is 12.4. The van der Waals surface area contributed by atoms with E-state index in [1.165, 1.54) is 18.4 Å². The Bertz CT molecular complexity index is 364. The van der Waals surface area contributed by atoms with Gasteiger partial charge in [0, 0.05) is 5.92 Å². The summed E-state index contributed by atoms with van der Waals surface area (Å²) in [5, 5.41) is 0. The normalized spacial score (nSPS) is 29.0. The van der Waals surface area contributed by atoms with Gasteiger partial charge < -0.3 is 10.5 Å². The molecule has 1 aromatic carbocycles.